The number of anilines is 2. The number of hydrogen-bond acceptors (Lipinski definition) is 2. The lowest BCUT2D eigenvalue weighted by Gasteiger charge is -2.24. The predicted octanol–water partition coefficient (Wildman–Crippen LogP) is 4.70. The van der Waals surface area contributed by atoms with Crippen molar-refractivity contribution in [2.45, 2.75) is 27.7 Å². The number of rotatable bonds is 4. The smallest absolute Gasteiger partial charge is 0.239 e. The van der Waals surface area contributed by atoms with E-state index < -0.39 is 23.0 Å². The van der Waals surface area contributed by atoms with Crippen LogP contribution in [0, 0.1) is 25.1 Å². The van der Waals surface area contributed by atoms with Gasteiger partial charge >= 0.3 is 0 Å². The molecule has 0 aliphatic rings. The molecule has 0 radical (unpaired) electrons. The first-order chi connectivity index (χ1) is 11.6. The van der Waals surface area contributed by atoms with Gasteiger partial charge < -0.3 is 10.6 Å². The van der Waals surface area contributed by atoms with E-state index in [0.717, 1.165) is 11.1 Å². The molecule has 6 heteroatoms. The summed E-state index contributed by atoms with van der Waals surface area (Å²) in [7, 11) is 0. The Morgan fingerprint density at radius 3 is 2.28 bits per heavy atom. The summed E-state index contributed by atoms with van der Waals surface area (Å²) >= 11 is 6.20. The molecule has 0 aliphatic carbocycles. The van der Waals surface area contributed by atoms with E-state index in [2.05, 4.69) is 10.6 Å². The number of amides is 2. The van der Waals surface area contributed by atoms with Crippen molar-refractivity contribution in [2.75, 3.05) is 10.6 Å². The van der Waals surface area contributed by atoms with Crippen LogP contribution in [0.2, 0.25) is 5.02 Å². The minimum absolute atomic E-state index is 0.287. The maximum Gasteiger partial charge on any atom is 0.239 e. The zero-order valence-electron chi connectivity index (χ0n) is 14.5. The maximum absolute atomic E-state index is 13.2. The highest BCUT2D eigenvalue weighted by Gasteiger charge is 2.36. The van der Waals surface area contributed by atoms with E-state index in [0.29, 0.717) is 10.7 Å². The van der Waals surface area contributed by atoms with Gasteiger partial charge in [0.05, 0.1) is 10.7 Å². The molecule has 0 saturated heterocycles. The molecule has 2 amide bonds. The van der Waals surface area contributed by atoms with Gasteiger partial charge in [0.1, 0.15) is 11.2 Å². The minimum atomic E-state index is -1.38. The molecule has 132 valence electrons. The predicted molar refractivity (Wildman–Crippen MR) is 98.4 cm³/mol. The molecule has 2 rings (SSSR count). The van der Waals surface area contributed by atoms with Gasteiger partial charge in [-0.2, -0.15) is 0 Å². The third kappa shape index (κ3) is 4.37. The third-order valence-corrected chi connectivity index (χ3v) is 4.19. The molecular formula is C19H20ClFN2O2. The Labute approximate surface area is 151 Å². The van der Waals surface area contributed by atoms with Crippen LogP contribution >= 0.6 is 11.6 Å². The Morgan fingerprint density at radius 2 is 1.68 bits per heavy atom. The Balaban J connectivity index is 2.18. The van der Waals surface area contributed by atoms with E-state index in [4.69, 9.17) is 11.6 Å². The van der Waals surface area contributed by atoms with Crippen molar-refractivity contribution >= 4 is 34.8 Å². The molecule has 0 aliphatic heterocycles. The van der Waals surface area contributed by atoms with Crippen molar-refractivity contribution < 1.29 is 14.0 Å². The fraction of sp³-hybridized carbons (Fsp3) is 0.263. The summed E-state index contributed by atoms with van der Waals surface area (Å²) in [4.78, 5) is 25.1. The molecule has 2 N–H and O–H groups in total. The number of carbonyl (C=O) groups excluding carboxylic acids is 2. The van der Waals surface area contributed by atoms with Crippen LogP contribution in [0.4, 0.5) is 15.8 Å². The second-order valence-corrected chi connectivity index (χ2v) is 6.89. The van der Waals surface area contributed by atoms with E-state index in [1.807, 2.05) is 19.9 Å². The van der Waals surface area contributed by atoms with Crippen molar-refractivity contribution in [3.8, 4) is 0 Å². The van der Waals surface area contributed by atoms with Gasteiger partial charge in [-0.15, -0.1) is 0 Å². The Morgan fingerprint density at radius 1 is 1.04 bits per heavy atom. The van der Waals surface area contributed by atoms with E-state index in [-0.39, 0.29) is 5.69 Å². The second-order valence-electron chi connectivity index (χ2n) is 6.48. The Kier molecular flexibility index (Phi) is 5.48. The van der Waals surface area contributed by atoms with Crippen LogP contribution in [0.3, 0.4) is 0 Å². The van der Waals surface area contributed by atoms with E-state index in [1.165, 1.54) is 32.0 Å². The molecule has 4 nitrogen and oxygen atoms in total. The number of benzene rings is 2. The Bertz CT molecular complexity index is 811. The van der Waals surface area contributed by atoms with Crippen LogP contribution in [0.1, 0.15) is 25.0 Å². The molecule has 2 aromatic rings. The van der Waals surface area contributed by atoms with Gasteiger partial charge in [-0.05, 0) is 63.1 Å². The minimum Gasteiger partial charge on any atom is -0.325 e. The molecule has 0 aromatic heterocycles. The first-order valence-corrected chi connectivity index (χ1v) is 8.14. The average molecular weight is 363 g/mol. The molecule has 0 heterocycles. The van der Waals surface area contributed by atoms with E-state index >= 15 is 0 Å². The number of carbonyl (C=O) groups is 2. The van der Waals surface area contributed by atoms with Crippen LogP contribution in [0.5, 0.6) is 0 Å². The molecule has 2 aromatic carbocycles. The molecule has 25 heavy (non-hydrogen) atoms. The summed E-state index contributed by atoms with van der Waals surface area (Å²) in [5.74, 6) is -1.52. The monoisotopic (exact) mass is 362 g/mol. The summed E-state index contributed by atoms with van der Waals surface area (Å²) in [6, 6.07) is 9.12. The number of hydrogen-bond donors (Lipinski definition) is 2. The largest absolute Gasteiger partial charge is 0.325 e. The van der Waals surface area contributed by atoms with Crippen LogP contribution in [0.25, 0.3) is 0 Å². The highest BCUT2D eigenvalue weighted by atomic mass is 35.5. The first kappa shape index (κ1) is 18.9. The van der Waals surface area contributed by atoms with Crippen molar-refractivity contribution in [1.29, 1.82) is 0 Å². The van der Waals surface area contributed by atoms with Crippen LogP contribution in [-0.4, -0.2) is 11.8 Å². The zero-order valence-corrected chi connectivity index (χ0v) is 15.3. The van der Waals surface area contributed by atoms with Gasteiger partial charge in [0.15, 0.2) is 0 Å². The summed E-state index contributed by atoms with van der Waals surface area (Å²) < 4.78 is 13.2. The lowest BCUT2D eigenvalue weighted by Crippen LogP contribution is -2.41. The van der Waals surface area contributed by atoms with Crippen molar-refractivity contribution in [3.05, 3.63) is 58.4 Å². The third-order valence-electron chi connectivity index (χ3n) is 3.89. The van der Waals surface area contributed by atoms with E-state index in [1.54, 1.807) is 12.1 Å². The highest BCUT2D eigenvalue weighted by molar-refractivity contribution is 6.34. The van der Waals surface area contributed by atoms with Crippen LogP contribution in [-0.2, 0) is 9.59 Å². The fourth-order valence-electron chi connectivity index (χ4n) is 2.30. The van der Waals surface area contributed by atoms with Gasteiger partial charge in [-0.25, -0.2) is 4.39 Å². The lowest BCUT2D eigenvalue weighted by molar-refractivity contribution is -0.135. The molecule has 0 atom stereocenters. The first-order valence-electron chi connectivity index (χ1n) is 7.76. The molecule has 0 spiro atoms. The van der Waals surface area contributed by atoms with Crippen molar-refractivity contribution in [1.82, 2.24) is 0 Å². The summed E-state index contributed by atoms with van der Waals surface area (Å²) in [5.41, 5.74) is 1.16. The average Bonchev–Trinajstić information content (AvgIpc) is 2.50. The normalized spacial score (nSPS) is 11.1. The second kappa shape index (κ2) is 7.23. The van der Waals surface area contributed by atoms with Gasteiger partial charge in [0.2, 0.25) is 11.8 Å². The maximum atomic E-state index is 13.2. The number of nitrogens with one attached hydrogen (secondary N) is 2. The SMILES string of the molecule is Cc1cc(C)c(NC(=O)C(C)(C)C(=O)Nc2cccc(F)c2)c(Cl)c1. The number of halogens is 2. The molecule has 0 saturated carbocycles. The van der Waals surface area contributed by atoms with Crippen LogP contribution in [0.15, 0.2) is 36.4 Å². The lowest BCUT2D eigenvalue weighted by atomic mass is 9.90. The van der Waals surface area contributed by atoms with Gasteiger partial charge in [-0.1, -0.05) is 23.7 Å². The topological polar surface area (TPSA) is 58.2 Å². The highest BCUT2D eigenvalue weighted by Crippen LogP contribution is 2.30. The van der Waals surface area contributed by atoms with Gasteiger partial charge in [0, 0.05) is 5.69 Å². The summed E-state index contributed by atoms with van der Waals surface area (Å²) in [6.45, 7) is 6.72. The molecular weight excluding hydrogens is 343 g/mol. The van der Waals surface area contributed by atoms with Crippen LogP contribution < -0.4 is 10.6 Å². The molecule has 0 unspecified atom stereocenters. The molecule has 0 fully saturated rings. The Hall–Kier alpha value is -2.40. The summed E-state index contributed by atoms with van der Waals surface area (Å²) in [5, 5.41) is 5.68. The molecule has 0 bridgehead atoms. The summed E-state index contributed by atoms with van der Waals surface area (Å²) in [6.07, 6.45) is 0. The number of aryl methyl sites for hydroxylation is 2. The van der Waals surface area contributed by atoms with Gasteiger partial charge in [-0.3, -0.25) is 9.59 Å². The fourth-order valence-corrected chi connectivity index (χ4v) is 2.67. The van der Waals surface area contributed by atoms with Gasteiger partial charge in [0.25, 0.3) is 0 Å². The van der Waals surface area contributed by atoms with E-state index in [9.17, 15) is 14.0 Å². The standard InChI is InChI=1S/C19H20ClFN2O2/c1-11-8-12(2)16(15(20)9-11)23-18(25)19(3,4)17(24)22-14-7-5-6-13(21)10-14/h5-10H,1-4H3,(H,22,24)(H,23,25). The van der Waals surface area contributed by atoms with Crippen molar-refractivity contribution in [3.63, 3.8) is 0 Å². The zero-order chi connectivity index (χ0) is 18.8. The van der Waals surface area contributed by atoms with Crippen molar-refractivity contribution in [2.24, 2.45) is 5.41 Å². The quantitative estimate of drug-likeness (QED) is 0.774.